The Morgan fingerprint density at radius 2 is 1.90 bits per heavy atom. The van der Waals surface area contributed by atoms with E-state index in [1.807, 2.05) is 30.5 Å². The van der Waals surface area contributed by atoms with E-state index in [1.54, 1.807) is 23.9 Å². The summed E-state index contributed by atoms with van der Waals surface area (Å²) >= 11 is 1.59. The summed E-state index contributed by atoms with van der Waals surface area (Å²) in [6.07, 6.45) is 1.99. The van der Waals surface area contributed by atoms with Gasteiger partial charge >= 0.3 is 0 Å². The van der Waals surface area contributed by atoms with Crippen LogP contribution < -0.4 is 0 Å². The first kappa shape index (κ1) is 13.6. The van der Waals surface area contributed by atoms with Crippen LogP contribution in [0.4, 0.5) is 5.69 Å². The average molecular weight is 299 g/mol. The molecule has 6 heteroatoms. The number of benzene rings is 2. The van der Waals surface area contributed by atoms with Crippen LogP contribution in [-0.2, 0) is 6.54 Å². The highest BCUT2D eigenvalue weighted by molar-refractivity contribution is 7.98. The summed E-state index contributed by atoms with van der Waals surface area (Å²) in [5.74, 6) is 0. The lowest BCUT2D eigenvalue weighted by atomic mass is 10.2. The van der Waals surface area contributed by atoms with Crippen molar-refractivity contribution in [3.05, 3.63) is 64.2 Å². The molecule has 0 saturated heterocycles. The summed E-state index contributed by atoms with van der Waals surface area (Å²) in [7, 11) is 0. The quantitative estimate of drug-likeness (QED) is 0.418. The van der Waals surface area contributed by atoms with Gasteiger partial charge < -0.3 is 4.57 Å². The number of fused-ring (bicyclic) bond motifs is 1. The summed E-state index contributed by atoms with van der Waals surface area (Å²) in [6, 6.07) is 14.6. The minimum Gasteiger partial charge on any atom is -0.314 e. The van der Waals surface area contributed by atoms with E-state index in [0.29, 0.717) is 6.54 Å². The zero-order chi connectivity index (χ0) is 14.8. The van der Waals surface area contributed by atoms with Crippen LogP contribution in [0.5, 0.6) is 0 Å². The van der Waals surface area contributed by atoms with E-state index < -0.39 is 0 Å². The fourth-order valence-corrected chi connectivity index (χ4v) is 2.84. The van der Waals surface area contributed by atoms with Crippen molar-refractivity contribution in [1.29, 1.82) is 0 Å². The largest absolute Gasteiger partial charge is 0.314 e. The summed E-state index contributed by atoms with van der Waals surface area (Å²) in [6.45, 7) is 0.648. The number of hydrogen-bond acceptors (Lipinski definition) is 4. The predicted octanol–water partition coefficient (Wildman–Crippen LogP) is 3.71. The SMILES string of the molecule is CSc1nc2ccccc2n1Cc1ccc([N+](=O)[O-])cc1. The van der Waals surface area contributed by atoms with Crippen molar-refractivity contribution in [3.8, 4) is 0 Å². The van der Waals surface area contributed by atoms with Gasteiger partial charge in [-0.15, -0.1) is 0 Å². The molecule has 21 heavy (non-hydrogen) atoms. The normalized spacial score (nSPS) is 10.9. The molecule has 5 nitrogen and oxygen atoms in total. The zero-order valence-electron chi connectivity index (χ0n) is 11.4. The number of hydrogen-bond donors (Lipinski definition) is 0. The van der Waals surface area contributed by atoms with Crippen molar-refractivity contribution in [2.45, 2.75) is 11.7 Å². The van der Waals surface area contributed by atoms with Gasteiger partial charge in [0.25, 0.3) is 5.69 Å². The lowest BCUT2D eigenvalue weighted by molar-refractivity contribution is -0.384. The Labute approximate surface area is 125 Å². The van der Waals surface area contributed by atoms with Crippen LogP contribution in [0.3, 0.4) is 0 Å². The molecule has 3 aromatic rings. The molecule has 0 bridgehead atoms. The number of aromatic nitrogens is 2. The molecule has 0 aliphatic carbocycles. The fourth-order valence-electron chi connectivity index (χ4n) is 2.27. The number of nitro groups is 1. The molecule has 3 rings (SSSR count). The third-order valence-corrected chi connectivity index (χ3v) is 3.97. The molecule has 0 N–H and O–H groups in total. The molecule has 2 aromatic carbocycles. The van der Waals surface area contributed by atoms with Gasteiger partial charge in [-0.25, -0.2) is 4.98 Å². The van der Waals surface area contributed by atoms with Crippen LogP contribution in [-0.4, -0.2) is 20.7 Å². The molecule has 0 amide bonds. The van der Waals surface area contributed by atoms with E-state index in [1.165, 1.54) is 12.1 Å². The average Bonchev–Trinajstić information content (AvgIpc) is 2.86. The molecule has 0 aliphatic heterocycles. The number of imidazole rings is 1. The van der Waals surface area contributed by atoms with Gasteiger partial charge in [0.2, 0.25) is 0 Å². The maximum Gasteiger partial charge on any atom is 0.269 e. The monoisotopic (exact) mass is 299 g/mol. The summed E-state index contributed by atoms with van der Waals surface area (Å²) in [4.78, 5) is 14.9. The van der Waals surface area contributed by atoms with E-state index in [0.717, 1.165) is 21.8 Å². The third kappa shape index (κ3) is 2.62. The molecule has 1 heterocycles. The van der Waals surface area contributed by atoms with Crippen LogP contribution in [0.1, 0.15) is 5.56 Å². The molecule has 0 aliphatic rings. The molecule has 0 saturated carbocycles. The second kappa shape index (κ2) is 5.57. The maximum atomic E-state index is 10.7. The Kier molecular flexibility index (Phi) is 3.62. The molecular formula is C15H13N3O2S. The van der Waals surface area contributed by atoms with Crippen molar-refractivity contribution in [2.75, 3.05) is 6.26 Å². The minimum absolute atomic E-state index is 0.110. The van der Waals surface area contributed by atoms with Gasteiger partial charge in [-0.3, -0.25) is 10.1 Å². The molecule has 0 spiro atoms. The van der Waals surface area contributed by atoms with Crippen molar-refractivity contribution in [3.63, 3.8) is 0 Å². The highest BCUT2D eigenvalue weighted by atomic mass is 32.2. The van der Waals surface area contributed by atoms with Gasteiger partial charge in [-0.1, -0.05) is 36.0 Å². The van der Waals surface area contributed by atoms with Crippen molar-refractivity contribution in [2.24, 2.45) is 0 Å². The van der Waals surface area contributed by atoms with E-state index in [-0.39, 0.29) is 10.6 Å². The molecule has 1 aromatic heterocycles. The third-order valence-electron chi connectivity index (χ3n) is 3.29. The molecule has 0 fully saturated rings. The van der Waals surface area contributed by atoms with Crippen molar-refractivity contribution < 1.29 is 4.92 Å². The van der Waals surface area contributed by atoms with Crippen LogP contribution in [0.25, 0.3) is 11.0 Å². The number of thioether (sulfide) groups is 1. The molecular weight excluding hydrogens is 286 g/mol. The van der Waals surface area contributed by atoms with Crippen LogP contribution in [0.15, 0.2) is 53.7 Å². The second-order valence-electron chi connectivity index (χ2n) is 4.60. The van der Waals surface area contributed by atoms with Gasteiger partial charge in [-0.05, 0) is 24.0 Å². The number of para-hydroxylation sites is 2. The van der Waals surface area contributed by atoms with Gasteiger partial charge in [0.15, 0.2) is 5.16 Å². The number of rotatable bonds is 4. The molecule has 0 unspecified atom stereocenters. The standard InChI is InChI=1S/C15H13N3O2S/c1-21-15-16-13-4-2-3-5-14(13)17(15)10-11-6-8-12(9-7-11)18(19)20/h2-9H,10H2,1H3. The van der Waals surface area contributed by atoms with Crippen molar-refractivity contribution >= 4 is 28.5 Å². The van der Waals surface area contributed by atoms with Gasteiger partial charge in [-0.2, -0.15) is 0 Å². The van der Waals surface area contributed by atoms with E-state index in [9.17, 15) is 10.1 Å². The summed E-state index contributed by atoms with van der Waals surface area (Å²) in [5, 5.41) is 11.6. The summed E-state index contributed by atoms with van der Waals surface area (Å²) in [5.41, 5.74) is 3.15. The highest BCUT2D eigenvalue weighted by Crippen LogP contribution is 2.24. The lowest BCUT2D eigenvalue weighted by Crippen LogP contribution is -2.01. The van der Waals surface area contributed by atoms with Gasteiger partial charge in [0, 0.05) is 12.1 Å². The maximum absolute atomic E-state index is 10.7. The molecule has 0 radical (unpaired) electrons. The number of non-ortho nitro benzene ring substituents is 1. The topological polar surface area (TPSA) is 61.0 Å². The highest BCUT2D eigenvalue weighted by Gasteiger charge is 2.11. The Morgan fingerprint density at radius 1 is 1.19 bits per heavy atom. The van der Waals surface area contributed by atoms with Crippen LogP contribution >= 0.6 is 11.8 Å². The Hall–Kier alpha value is -2.34. The van der Waals surface area contributed by atoms with Gasteiger partial charge in [0.1, 0.15) is 0 Å². The van der Waals surface area contributed by atoms with E-state index >= 15 is 0 Å². The van der Waals surface area contributed by atoms with Crippen LogP contribution in [0.2, 0.25) is 0 Å². The van der Waals surface area contributed by atoms with Gasteiger partial charge in [0.05, 0.1) is 22.5 Å². The number of nitrogens with zero attached hydrogens (tertiary/aromatic N) is 3. The zero-order valence-corrected chi connectivity index (χ0v) is 12.2. The van der Waals surface area contributed by atoms with E-state index in [2.05, 4.69) is 9.55 Å². The van der Waals surface area contributed by atoms with Crippen molar-refractivity contribution in [1.82, 2.24) is 9.55 Å². The Morgan fingerprint density at radius 3 is 2.57 bits per heavy atom. The fraction of sp³-hybridized carbons (Fsp3) is 0.133. The Bertz CT molecular complexity index is 796. The molecule has 0 atom stereocenters. The first-order valence-electron chi connectivity index (χ1n) is 6.41. The number of nitro benzene ring substituents is 1. The second-order valence-corrected chi connectivity index (χ2v) is 5.37. The minimum atomic E-state index is -0.385. The predicted molar refractivity (Wildman–Crippen MR) is 83.7 cm³/mol. The first-order valence-corrected chi connectivity index (χ1v) is 7.64. The summed E-state index contributed by atoms with van der Waals surface area (Å²) < 4.78 is 2.13. The lowest BCUT2D eigenvalue weighted by Gasteiger charge is -2.07. The smallest absolute Gasteiger partial charge is 0.269 e. The van der Waals surface area contributed by atoms with E-state index in [4.69, 9.17) is 0 Å². The Balaban J connectivity index is 1.99. The molecule has 106 valence electrons. The first-order chi connectivity index (χ1) is 10.2. The van der Waals surface area contributed by atoms with Crippen LogP contribution in [0, 0.1) is 10.1 Å².